The van der Waals surface area contributed by atoms with Crippen molar-refractivity contribution in [3.05, 3.63) is 28.3 Å². The Balaban J connectivity index is 3.31. The molecular weight excluding hydrogens is 243 g/mol. The van der Waals surface area contributed by atoms with Gasteiger partial charge in [-0.05, 0) is 24.7 Å². The van der Waals surface area contributed by atoms with Crippen molar-refractivity contribution >= 4 is 11.6 Å². The highest BCUT2D eigenvalue weighted by molar-refractivity contribution is 6.32. The van der Waals surface area contributed by atoms with Crippen molar-refractivity contribution in [3.8, 4) is 5.75 Å². The molecule has 0 amide bonds. The molecule has 0 heterocycles. The molecule has 0 saturated heterocycles. The number of halogens is 4. The topological polar surface area (TPSA) is 21.3 Å². The van der Waals surface area contributed by atoms with E-state index in [-0.39, 0.29) is 10.8 Å². The molecule has 0 spiro atoms. The van der Waals surface area contributed by atoms with E-state index in [0.717, 1.165) is 13.2 Å². The Morgan fingerprint density at radius 3 is 2.44 bits per heavy atom. The molecule has 0 saturated carbocycles. The zero-order valence-corrected chi connectivity index (χ0v) is 9.54. The van der Waals surface area contributed by atoms with Crippen molar-refractivity contribution < 1.29 is 17.9 Å². The van der Waals surface area contributed by atoms with Gasteiger partial charge in [-0.1, -0.05) is 11.6 Å². The minimum Gasteiger partial charge on any atom is -0.495 e. The molecule has 0 fully saturated rings. The Morgan fingerprint density at radius 2 is 2.00 bits per heavy atom. The molecular formula is C10H11ClF3NO. The van der Waals surface area contributed by atoms with Crippen molar-refractivity contribution in [2.45, 2.75) is 12.7 Å². The van der Waals surface area contributed by atoms with Crippen LogP contribution >= 0.6 is 11.6 Å². The number of rotatable bonds is 3. The second kappa shape index (κ2) is 4.93. The SMILES string of the molecule is CNCc1cc(Cl)c(OC)c(C(F)(F)F)c1. The number of benzene rings is 1. The van der Waals surface area contributed by atoms with Crippen LogP contribution < -0.4 is 10.1 Å². The van der Waals surface area contributed by atoms with Crippen LogP contribution in [0.4, 0.5) is 13.2 Å². The Bertz CT molecular complexity index is 379. The molecule has 90 valence electrons. The van der Waals surface area contributed by atoms with Gasteiger partial charge in [0.05, 0.1) is 17.7 Å². The van der Waals surface area contributed by atoms with Gasteiger partial charge in [0.2, 0.25) is 0 Å². The fourth-order valence-corrected chi connectivity index (χ4v) is 1.69. The van der Waals surface area contributed by atoms with Crippen LogP contribution in [0.2, 0.25) is 5.02 Å². The average molecular weight is 254 g/mol. The average Bonchev–Trinajstić information content (AvgIpc) is 2.16. The fraction of sp³-hybridized carbons (Fsp3) is 0.400. The lowest BCUT2D eigenvalue weighted by molar-refractivity contribution is -0.138. The van der Waals surface area contributed by atoms with Gasteiger partial charge in [-0.15, -0.1) is 0 Å². The summed E-state index contributed by atoms with van der Waals surface area (Å²) in [7, 11) is 2.81. The monoisotopic (exact) mass is 253 g/mol. The summed E-state index contributed by atoms with van der Waals surface area (Å²) >= 11 is 5.72. The minimum atomic E-state index is -4.47. The summed E-state index contributed by atoms with van der Waals surface area (Å²) in [5.74, 6) is -0.339. The first-order chi connectivity index (χ1) is 7.40. The summed E-state index contributed by atoms with van der Waals surface area (Å²) in [6.45, 7) is 0.312. The van der Waals surface area contributed by atoms with E-state index in [4.69, 9.17) is 11.6 Å². The lowest BCUT2D eigenvalue weighted by atomic mass is 10.1. The van der Waals surface area contributed by atoms with Gasteiger partial charge in [0.1, 0.15) is 5.75 Å². The molecule has 1 N–H and O–H groups in total. The van der Waals surface area contributed by atoms with E-state index in [1.165, 1.54) is 6.07 Å². The van der Waals surface area contributed by atoms with Crippen LogP contribution in [-0.2, 0) is 12.7 Å². The standard InChI is InChI=1S/C10H11ClF3NO/c1-15-5-6-3-7(10(12,13)14)9(16-2)8(11)4-6/h3-4,15H,5H2,1-2H3. The molecule has 0 unspecified atom stereocenters. The highest BCUT2D eigenvalue weighted by atomic mass is 35.5. The largest absolute Gasteiger partial charge is 0.495 e. The third-order valence-electron chi connectivity index (χ3n) is 1.99. The smallest absolute Gasteiger partial charge is 0.420 e. The summed E-state index contributed by atoms with van der Waals surface area (Å²) in [5, 5.41) is 2.72. The van der Waals surface area contributed by atoms with Crippen LogP contribution in [0, 0.1) is 0 Å². The summed E-state index contributed by atoms with van der Waals surface area (Å²) < 4.78 is 42.7. The highest BCUT2D eigenvalue weighted by Gasteiger charge is 2.35. The highest BCUT2D eigenvalue weighted by Crippen LogP contribution is 2.40. The lowest BCUT2D eigenvalue weighted by Gasteiger charge is -2.15. The van der Waals surface area contributed by atoms with E-state index in [0.29, 0.717) is 12.1 Å². The van der Waals surface area contributed by atoms with Gasteiger partial charge >= 0.3 is 6.18 Å². The number of ether oxygens (including phenoxy) is 1. The van der Waals surface area contributed by atoms with Crippen LogP contribution in [0.25, 0.3) is 0 Å². The Labute approximate surface area is 96.4 Å². The molecule has 0 aromatic heterocycles. The molecule has 16 heavy (non-hydrogen) atoms. The van der Waals surface area contributed by atoms with E-state index < -0.39 is 11.7 Å². The molecule has 0 aliphatic heterocycles. The van der Waals surface area contributed by atoms with Crippen LogP contribution in [0.15, 0.2) is 12.1 Å². The molecule has 0 aliphatic carbocycles. The van der Waals surface area contributed by atoms with Crippen molar-refractivity contribution in [1.82, 2.24) is 5.32 Å². The zero-order valence-electron chi connectivity index (χ0n) is 8.78. The van der Waals surface area contributed by atoms with Gasteiger partial charge in [0, 0.05) is 6.54 Å². The summed E-state index contributed by atoms with van der Waals surface area (Å²) in [4.78, 5) is 0. The van der Waals surface area contributed by atoms with Gasteiger partial charge in [0.15, 0.2) is 0 Å². The number of nitrogens with one attached hydrogen (secondary N) is 1. The van der Waals surface area contributed by atoms with Crippen molar-refractivity contribution in [3.63, 3.8) is 0 Å². The number of alkyl halides is 3. The predicted octanol–water partition coefficient (Wildman–Crippen LogP) is 3.09. The van der Waals surface area contributed by atoms with Crippen molar-refractivity contribution in [2.75, 3.05) is 14.2 Å². The third-order valence-corrected chi connectivity index (χ3v) is 2.27. The van der Waals surface area contributed by atoms with Gasteiger partial charge in [-0.25, -0.2) is 0 Å². The first-order valence-electron chi connectivity index (χ1n) is 4.48. The number of hydrogen-bond acceptors (Lipinski definition) is 2. The molecule has 1 aromatic carbocycles. The van der Waals surface area contributed by atoms with Crippen LogP contribution in [0.1, 0.15) is 11.1 Å². The third kappa shape index (κ3) is 2.80. The van der Waals surface area contributed by atoms with Crippen molar-refractivity contribution in [1.29, 1.82) is 0 Å². The first-order valence-corrected chi connectivity index (χ1v) is 4.86. The molecule has 1 rings (SSSR count). The second-order valence-corrected chi connectivity index (χ2v) is 3.59. The molecule has 0 aliphatic rings. The maximum absolute atomic E-state index is 12.7. The summed E-state index contributed by atoms with van der Waals surface area (Å²) in [6, 6.07) is 2.48. The predicted molar refractivity (Wildman–Crippen MR) is 55.8 cm³/mol. The molecule has 0 radical (unpaired) electrons. The lowest BCUT2D eigenvalue weighted by Crippen LogP contribution is -2.11. The maximum atomic E-state index is 12.7. The Hall–Kier alpha value is -0.940. The molecule has 2 nitrogen and oxygen atoms in total. The number of hydrogen-bond donors (Lipinski definition) is 1. The second-order valence-electron chi connectivity index (χ2n) is 3.19. The van der Waals surface area contributed by atoms with Crippen LogP contribution in [-0.4, -0.2) is 14.2 Å². The van der Waals surface area contributed by atoms with Gasteiger partial charge in [-0.3, -0.25) is 0 Å². The minimum absolute atomic E-state index is 0.0393. The normalized spacial score (nSPS) is 11.6. The zero-order chi connectivity index (χ0) is 12.3. The first kappa shape index (κ1) is 13.1. The van der Waals surface area contributed by atoms with Gasteiger partial charge in [0.25, 0.3) is 0 Å². The van der Waals surface area contributed by atoms with Crippen molar-refractivity contribution in [2.24, 2.45) is 0 Å². The van der Waals surface area contributed by atoms with Gasteiger partial charge < -0.3 is 10.1 Å². The van der Waals surface area contributed by atoms with Gasteiger partial charge in [-0.2, -0.15) is 13.2 Å². The Morgan fingerprint density at radius 1 is 1.38 bits per heavy atom. The van der Waals surface area contributed by atoms with E-state index in [1.54, 1.807) is 7.05 Å². The van der Waals surface area contributed by atoms with E-state index in [9.17, 15) is 13.2 Å². The van der Waals surface area contributed by atoms with Crippen LogP contribution in [0.3, 0.4) is 0 Å². The summed E-state index contributed by atoms with van der Waals surface area (Å²) in [5.41, 5.74) is -0.395. The van der Waals surface area contributed by atoms with Crippen LogP contribution in [0.5, 0.6) is 5.75 Å². The molecule has 6 heteroatoms. The maximum Gasteiger partial charge on any atom is 0.420 e. The van der Waals surface area contributed by atoms with E-state index in [1.807, 2.05) is 0 Å². The van der Waals surface area contributed by atoms with E-state index >= 15 is 0 Å². The molecule has 0 atom stereocenters. The fourth-order valence-electron chi connectivity index (χ4n) is 1.37. The molecule has 0 bridgehead atoms. The quantitative estimate of drug-likeness (QED) is 0.894. The number of methoxy groups -OCH3 is 1. The molecule has 1 aromatic rings. The summed E-state index contributed by atoms with van der Waals surface area (Å²) in [6.07, 6.45) is -4.47. The Kier molecular flexibility index (Phi) is 4.04. The van der Waals surface area contributed by atoms with E-state index in [2.05, 4.69) is 10.1 Å².